The molecule has 0 N–H and O–H groups in total. The maximum atomic E-state index is 9.48. The molecule has 0 aliphatic carbocycles. The van der Waals surface area contributed by atoms with Gasteiger partial charge in [-0.05, 0) is 36.1 Å². The molecule has 0 bridgehead atoms. The van der Waals surface area contributed by atoms with E-state index in [2.05, 4.69) is 6.07 Å². The van der Waals surface area contributed by atoms with Gasteiger partial charge in [0, 0.05) is 0 Å². The second kappa shape index (κ2) is 6.60. The topological polar surface area (TPSA) is 80.6 Å². The standard InChI is InChI=1S/C22H15N3O/c1-15-20(14-25)21(18(12-23)13-24)26-22(15,2)19-10-8-17(9-11-19)16-6-4-3-5-7-16/h3-11H,1-2H3. The highest BCUT2D eigenvalue weighted by Crippen LogP contribution is 2.46. The molecule has 124 valence electrons. The minimum atomic E-state index is -0.894. The van der Waals surface area contributed by atoms with Gasteiger partial charge < -0.3 is 4.74 Å². The van der Waals surface area contributed by atoms with E-state index in [0.717, 1.165) is 16.7 Å². The number of hydrogen-bond acceptors (Lipinski definition) is 4. The number of ether oxygens (including phenoxy) is 1. The second-order valence-corrected chi connectivity index (χ2v) is 6.12. The van der Waals surface area contributed by atoms with Crippen molar-refractivity contribution in [2.24, 2.45) is 0 Å². The maximum Gasteiger partial charge on any atom is 0.172 e. The van der Waals surface area contributed by atoms with Crippen LogP contribution in [0.2, 0.25) is 0 Å². The Morgan fingerprint density at radius 2 is 1.46 bits per heavy atom. The Morgan fingerprint density at radius 3 is 2.00 bits per heavy atom. The first-order valence-corrected chi connectivity index (χ1v) is 8.06. The summed E-state index contributed by atoms with van der Waals surface area (Å²) in [7, 11) is 0. The highest BCUT2D eigenvalue weighted by molar-refractivity contribution is 5.65. The zero-order chi connectivity index (χ0) is 18.7. The van der Waals surface area contributed by atoms with Gasteiger partial charge in [0.15, 0.2) is 16.9 Å². The summed E-state index contributed by atoms with van der Waals surface area (Å²) in [5.74, 6) is 0.0598. The lowest BCUT2D eigenvalue weighted by molar-refractivity contribution is 0.0728. The second-order valence-electron chi connectivity index (χ2n) is 6.12. The third-order valence-electron chi connectivity index (χ3n) is 4.73. The Hall–Kier alpha value is -3.81. The SMILES string of the molecule is CC1=C(C#N)C(=C(C#N)C#N)OC1(C)c1ccc(-c2ccccc2)cc1. The van der Waals surface area contributed by atoms with E-state index in [0.29, 0.717) is 5.57 Å². The van der Waals surface area contributed by atoms with Gasteiger partial charge in [-0.15, -0.1) is 0 Å². The van der Waals surface area contributed by atoms with Crippen LogP contribution in [0.1, 0.15) is 19.4 Å². The van der Waals surface area contributed by atoms with Crippen LogP contribution in [0.25, 0.3) is 11.1 Å². The number of nitriles is 3. The molecule has 2 aromatic rings. The zero-order valence-electron chi connectivity index (χ0n) is 14.4. The molecule has 1 unspecified atom stereocenters. The summed E-state index contributed by atoms with van der Waals surface area (Å²) in [4.78, 5) is 0. The van der Waals surface area contributed by atoms with Gasteiger partial charge >= 0.3 is 0 Å². The van der Waals surface area contributed by atoms with Crippen LogP contribution < -0.4 is 0 Å². The Bertz CT molecular complexity index is 1030. The highest BCUT2D eigenvalue weighted by atomic mass is 16.5. The molecule has 0 aromatic heterocycles. The summed E-state index contributed by atoms with van der Waals surface area (Å²) in [6.45, 7) is 3.64. The van der Waals surface area contributed by atoms with E-state index in [4.69, 9.17) is 15.3 Å². The van der Waals surface area contributed by atoms with Crippen LogP contribution in [0.4, 0.5) is 0 Å². The lowest BCUT2D eigenvalue weighted by Gasteiger charge is -2.27. The molecular formula is C22H15N3O. The van der Waals surface area contributed by atoms with Gasteiger partial charge in [0.2, 0.25) is 0 Å². The van der Waals surface area contributed by atoms with Crippen LogP contribution >= 0.6 is 0 Å². The average molecular weight is 337 g/mol. The summed E-state index contributed by atoms with van der Waals surface area (Å²) in [5.41, 5.74) is 2.89. The van der Waals surface area contributed by atoms with E-state index < -0.39 is 5.60 Å². The minimum Gasteiger partial charge on any atom is -0.475 e. The first-order chi connectivity index (χ1) is 12.5. The highest BCUT2D eigenvalue weighted by Gasteiger charge is 2.42. The lowest BCUT2D eigenvalue weighted by Crippen LogP contribution is -2.22. The largest absolute Gasteiger partial charge is 0.475 e. The summed E-state index contributed by atoms with van der Waals surface area (Å²) in [6.07, 6.45) is 0. The molecule has 0 radical (unpaired) electrons. The third-order valence-corrected chi connectivity index (χ3v) is 4.73. The lowest BCUT2D eigenvalue weighted by atomic mass is 9.87. The van der Waals surface area contributed by atoms with E-state index in [1.807, 2.05) is 61.5 Å². The molecule has 0 saturated carbocycles. The van der Waals surface area contributed by atoms with Crippen molar-refractivity contribution in [3.8, 4) is 29.3 Å². The first kappa shape index (κ1) is 17.0. The van der Waals surface area contributed by atoms with Crippen LogP contribution in [0.5, 0.6) is 0 Å². The van der Waals surface area contributed by atoms with Crippen molar-refractivity contribution in [1.29, 1.82) is 15.8 Å². The molecule has 0 fully saturated rings. The van der Waals surface area contributed by atoms with E-state index in [1.54, 1.807) is 19.1 Å². The fraction of sp³-hybridized carbons (Fsp3) is 0.136. The predicted octanol–water partition coefficient (Wildman–Crippen LogP) is 4.74. The van der Waals surface area contributed by atoms with Crippen molar-refractivity contribution >= 4 is 0 Å². The normalized spacial score (nSPS) is 18.5. The Morgan fingerprint density at radius 1 is 0.885 bits per heavy atom. The Balaban J connectivity index is 2.06. The van der Waals surface area contributed by atoms with Gasteiger partial charge in [0.05, 0.1) is 5.57 Å². The molecule has 26 heavy (non-hydrogen) atoms. The minimum absolute atomic E-state index is 0.0598. The Labute approximate surface area is 152 Å². The number of rotatable bonds is 2. The van der Waals surface area contributed by atoms with Crippen LogP contribution in [0.3, 0.4) is 0 Å². The monoisotopic (exact) mass is 337 g/mol. The molecule has 0 saturated heterocycles. The molecule has 4 nitrogen and oxygen atoms in total. The van der Waals surface area contributed by atoms with Gasteiger partial charge in [-0.25, -0.2) is 0 Å². The predicted molar refractivity (Wildman–Crippen MR) is 96.9 cm³/mol. The third kappa shape index (κ3) is 2.63. The number of benzene rings is 2. The van der Waals surface area contributed by atoms with Crippen molar-refractivity contribution in [1.82, 2.24) is 0 Å². The summed E-state index contributed by atoms with van der Waals surface area (Å²) in [5, 5.41) is 27.8. The Kier molecular flexibility index (Phi) is 4.32. The van der Waals surface area contributed by atoms with Gasteiger partial charge in [0.1, 0.15) is 18.2 Å². The van der Waals surface area contributed by atoms with Gasteiger partial charge in [0.25, 0.3) is 0 Å². The molecule has 4 heteroatoms. The maximum absolute atomic E-state index is 9.48. The number of nitrogens with zero attached hydrogens (tertiary/aromatic N) is 3. The molecule has 2 aromatic carbocycles. The molecule has 1 atom stereocenters. The van der Waals surface area contributed by atoms with Crippen LogP contribution in [0, 0.1) is 34.0 Å². The molecule has 1 aliphatic rings. The molecule has 3 rings (SSSR count). The smallest absolute Gasteiger partial charge is 0.172 e. The van der Waals surface area contributed by atoms with E-state index in [9.17, 15) is 5.26 Å². The fourth-order valence-corrected chi connectivity index (χ4v) is 3.06. The molecule has 1 heterocycles. The van der Waals surface area contributed by atoms with Crippen LogP contribution in [-0.4, -0.2) is 0 Å². The van der Waals surface area contributed by atoms with Gasteiger partial charge in [-0.1, -0.05) is 54.6 Å². The summed E-state index contributed by atoms with van der Waals surface area (Å²) < 4.78 is 5.98. The molecule has 1 aliphatic heterocycles. The van der Waals surface area contributed by atoms with Crippen LogP contribution in [0.15, 0.2) is 77.1 Å². The summed E-state index contributed by atoms with van der Waals surface area (Å²) in [6, 6.07) is 23.6. The average Bonchev–Trinajstić information content (AvgIpc) is 2.95. The van der Waals surface area contributed by atoms with Crippen molar-refractivity contribution in [2.45, 2.75) is 19.4 Å². The first-order valence-electron chi connectivity index (χ1n) is 8.06. The fourth-order valence-electron chi connectivity index (χ4n) is 3.06. The number of hydrogen-bond donors (Lipinski definition) is 0. The van der Waals surface area contributed by atoms with Gasteiger partial charge in [-0.2, -0.15) is 15.8 Å². The molecule has 0 amide bonds. The van der Waals surface area contributed by atoms with Crippen LogP contribution in [-0.2, 0) is 10.3 Å². The zero-order valence-corrected chi connectivity index (χ0v) is 14.4. The van der Waals surface area contributed by atoms with E-state index in [-0.39, 0.29) is 16.9 Å². The van der Waals surface area contributed by atoms with Crippen molar-refractivity contribution < 1.29 is 4.74 Å². The molecule has 0 spiro atoms. The van der Waals surface area contributed by atoms with E-state index in [1.165, 1.54) is 0 Å². The van der Waals surface area contributed by atoms with Crippen molar-refractivity contribution in [2.75, 3.05) is 0 Å². The van der Waals surface area contributed by atoms with E-state index >= 15 is 0 Å². The van der Waals surface area contributed by atoms with Crippen molar-refractivity contribution in [3.05, 3.63) is 82.6 Å². The summed E-state index contributed by atoms with van der Waals surface area (Å²) >= 11 is 0. The van der Waals surface area contributed by atoms with Crippen molar-refractivity contribution in [3.63, 3.8) is 0 Å². The van der Waals surface area contributed by atoms with Gasteiger partial charge in [-0.3, -0.25) is 0 Å². The number of allylic oxidation sites excluding steroid dienone is 2. The quantitative estimate of drug-likeness (QED) is 0.741. The molecular weight excluding hydrogens is 322 g/mol.